The Morgan fingerprint density at radius 3 is 2.35 bits per heavy atom. The molecule has 2 nitrogen and oxygen atoms in total. The predicted molar refractivity (Wildman–Crippen MR) is 77.7 cm³/mol. The van der Waals surface area contributed by atoms with E-state index in [9.17, 15) is 9.50 Å². The van der Waals surface area contributed by atoms with Crippen LogP contribution in [0.5, 0.6) is 5.75 Å². The average molecular weight is 274 g/mol. The van der Waals surface area contributed by atoms with E-state index in [0.29, 0.717) is 11.3 Å². The van der Waals surface area contributed by atoms with Crippen LogP contribution in [0.15, 0.2) is 30.3 Å². The van der Waals surface area contributed by atoms with Crippen molar-refractivity contribution >= 4 is 0 Å². The second-order valence-corrected chi connectivity index (χ2v) is 5.13. The molecule has 0 fully saturated rings. The topological polar surface area (TPSA) is 29.5 Å². The van der Waals surface area contributed by atoms with Crippen LogP contribution < -0.4 is 4.74 Å². The first-order chi connectivity index (χ1) is 9.43. The van der Waals surface area contributed by atoms with Crippen LogP contribution >= 0.6 is 0 Å². The van der Waals surface area contributed by atoms with Gasteiger partial charge in [0.1, 0.15) is 17.7 Å². The number of aliphatic hydroxyl groups excluding tert-OH is 1. The molecule has 1 N–H and O–H groups in total. The van der Waals surface area contributed by atoms with E-state index in [4.69, 9.17) is 4.74 Å². The summed E-state index contributed by atoms with van der Waals surface area (Å²) in [6, 6.07) is 8.63. The molecule has 3 heteroatoms. The van der Waals surface area contributed by atoms with E-state index in [-0.39, 0.29) is 5.56 Å². The SMILES string of the molecule is COc1cc(C)cc(C)c1C(O)c1ccc(C)cc1F. The molecule has 0 spiro atoms. The summed E-state index contributed by atoms with van der Waals surface area (Å²) in [6.45, 7) is 5.66. The van der Waals surface area contributed by atoms with Crippen molar-refractivity contribution in [3.8, 4) is 5.75 Å². The van der Waals surface area contributed by atoms with Gasteiger partial charge >= 0.3 is 0 Å². The molecule has 0 saturated heterocycles. The molecule has 106 valence electrons. The van der Waals surface area contributed by atoms with Gasteiger partial charge in [-0.2, -0.15) is 0 Å². The molecule has 0 amide bonds. The third-order valence-corrected chi connectivity index (χ3v) is 3.44. The van der Waals surface area contributed by atoms with Crippen molar-refractivity contribution < 1.29 is 14.2 Å². The Kier molecular flexibility index (Phi) is 4.09. The predicted octanol–water partition coefficient (Wildman–Crippen LogP) is 3.84. The van der Waals surface area contributed by atoms with Crippen molar-refractivity contribution in [1.29, 1.82) is 0 Å². The number of hydrogen-bond donors (Lipinski definition) is 1. The van der Waals surface area contributed by atoms with Crippen LogP contribution in [-0.4, -0.2) is 12.2 Å². The monoisotopic (exact) mass is 274 g/mol. The molecule has 2 aromatic rings. The highest BCUT2D eigenvalue weighted by molar-refractivity contribution is 5.48. The molecule has 0 radical (unpaired) electrons. The zero-order valence-electron chi connectivity index (χ0n) is 12.2. The second kappa shape index (κ2) is 5.63. The Morgan fingerprint density at radius 2 is 1.75 bits per heavy atom. The highest BCUT2D eigenvalue weighted by Crippen LogP contribution is 2.34. The molecule has 1 unspecified atom stereocenters. The van der Waals surface area contributed by atoms with Crippen LogP contribution in [0, 0.1) is 26.6 Å². The average Bonchev–Trinajstić information content (AvgIpc) is 2.37. The minimum absolute atomic E-state index is 0.265. The highest BCUT2D eigenvalue weighted by atomic mass is 19.1. The van der Waals surface area contributed by atoms with Crippen molar-refractivity contribution in [2.75, 3.05) is 7.11 Å². The fraction of sp³-hybridized carbons (Fsp3) is 0.294. The molecule has 0 aliphatic rings. The number of hydrogen-bond acceptors (Lipinski definition) is 2. The summed E-state index contributed by atoms with van der Waals surface area (Å²) < 4.78 is 19.4. The lowest BCUT2D eigenvalue weighted by Crippen LogP contribution is -2.07. The van der Waals surface area contributed by atoms with E-state index in [1.807, 2.05) is 32.9 Å². The second-order valence-electron chi connectivity index (χ2n) is 5.13. The molecule has 0 aromatic heterocycles. The minimum atomic E-state index is -1.04. The van der Waals surface area contributed by atoms with Crippen molar-refractivity contribution in [3.63, 3.8) is 0 Å². The number of methoxy groups -OCH3 is 1. The third kappa shape index (κ3) is 2.68. The molecule has 20 heavy (non-hydrogen) atoms. The summed E-state index contributed by atoms with van der Waals surface area (Å²) in [6.07, 6.45) is -1.04. The van der Waals surface area contributed by atoms with Gasteiger partial charge in [-0.1, -0.05) is 18.2 Å². The number of aliphatic hydroxyl groups is 1. The molecule has 2 rings (SSSR count). The lowest BCUT2D eigenvalue weighted by molar-refractivity contribution is 0.208. The fourth-order valence-electron chi connectivity index (χ4n) is 2.47. The molecule has 0 aliphatic carbocycles. The van der Waals surface area contributed by atoms with Crippen LogP contribution in [0.25, 0.3) is 0 Å². The van der Waals surface area contributed by atoms with E-state index in [0.717, 1.165) is 16.7 Å². The Labute approximate surface area is 118 Å². The minimum Gasteiger partial charge on any atom is -0.496 e. The summed E-state index contributed by atoms with van der Waals surface area (Å²) >= 11 is 0. The van der Waals surface area contributed by atoms with Gasteiger partial charge in [-0.15, -0.1) is 0 Å². The van der Waals surface area contributed by atoms with Gasteiger partial charge in [0.2, 0.25) is 0 Å². The van der Waals surface area contributed by atoms with Gasteiger partial charge in [-0.05, 0) is 49.6 Å². The van der Waals surface area contributed by atoms with Crippen molar-refractivity contribution in [3.05, 3.63) is 64.0 Å². The zero-order chi connectivity index (χ0) is 14.9. The Balaban J connectivity index is 2.55. The summed E-state index contributed by atoms with van der Waals surface area (Å²) in [4.78, 5) is 0. The first kappa shape index (κ1) is 14.5. The van der Waals surface area contributed by atoms with Gasteiger partial charge < -0.3 is 9.84 Å². The van der Waals surface area contributed by atoms with E-state index < -0.39 is 11.9 Å². The van der Waals surface area contributed by atoms with E-state index in [1.54, 1.807) is 19.2 Å². The molecular weight excluding hydrogens is 255 g/mol. The van der Waals surface area contributed by atoms with E-state index in [1.165, 1.54) is 6.07 Å². The summed E-state index contributed by atoms with van der Waals surface area (Å²) in [5, 5.41) is 10.5. The lowest BCUT2D eigenvalue weighted by atomic mass is 9.94. The van der Waals surface area contributed by atoms with Gasteiger partial charge in [0.15, 0.2) is 0 Å². The summed E-state index contributed by atoms with van der Waals surface area (Å²) in [7, 11) is 1.55. The molecule has 0 bridgehead atoms. The quantitative estimate of drug-likeness (QED) is 0.921. The van der Waals surface area contributed by atoms with Crippen LogP contribution in [0.4, 0.5) is 4.39 Å². The largest absolute Gasteiger partial charge is 0.496 e. The normalized spacial score (nSPS) is 12.3. The first-order valence-corrected chi connectivity index (χ1v) is 6.53. The van der Waals surface area contributed by atoms with Gasteiger partial charge in [0.25, 0.3) is 0 Å². The van der Waals surface area contributed by atoms with Crippen LogP contribution in [0.1, 0.15) is 33.9 Å². The smallest absolute Gasteiger partial charge is 0.129 e. The molecule has 1 atom stereocenters. The van der Waals surface area contributed by atoms with Gasteiger partial charge in [0.05, 0.1) is 7.11 Å². The van der Waals surface area contributed by atoms with Crippen LogP contribution in [0.3, 0.4) is 0 Å². The number of benzene rings is 2. The Morgan fingerprint density at radius 1 is 1.05 bits per heavy atom. The number of rotatable bonds is 3. The van der Waals surface area contributed by atoms with Crippen molar-refractivity contribution in [2.24, 2.45) is 0 Å². The molecule has 0 aliphatic heterocycles. The Bertz CT molecular complexity index is 635. The lowest BCUT2D eigenvalue weighted by Gasteiger charge is -2.19. The molecular formula is C17H19FO2. The van der Waals surface area contributed by atoms with Crippen LogP contribution in [0.2, 0.25) is 0 Å². The van der Waals surface area contributed by atoms with E-state index >= 15 is 0 Å². The third-order valence-electron chi connectivity index (χ3n) is 3.44. The van der Waals surface area contributed by atoms with Gasteiger partial charge in [-0.25, -0.2) is 4.39 Å². The Hall–Kier alpha value is -1.87. The van der Waals surface area contributed by atoms with Crippen LogP contribution in [-0.2, 0) is 0 Å². The molecule has 0 saturated carbocycles. The maximum Gasteiger partial charge on any atom is 0.129 e. The van der Waals surface area contributed by atoms with Crippen molar-refractivity contribution in [2.45, 2.75) is 26.9 Å². The van der Waals surface area contributed by atoms with E-state index in [2.05, 4.69) is 0 Å². The number of aryl methyl sites for hydroxylation is 3. The maximum atomic E-state index is 14.0. The maximum absolute atomic E-state index is 14.0. The zero-order valence-corrected chi connectivity index (χ0v) is 12.2. The number of ether oxygens (including phenoxy) is 1. The molecule has 2 aromatic carbocycles. The number of halogens is 1. The first-order valence-electron chi connectivity index (χ1n) is 6.53. The summed E-state index contributed by atoms with van der Waals surface area (Å²) in [5.74, 6) is 0.175. The highest BCUT2D eigenvalue weighted by Gasteiger charge is 2.21. The van der Waals surface area contributed by atoms with Gasteiger partial charge in [-0.3, -0.25) is 0 Å². The van der Waals surface area contributed by atoms with Gasteiger partial charge in [0, 0.05) is 11.1 Å². The molecule has 0 heterocycles. The van der Waals surface area contributed by atoms with Crippen molar-refractivity contribution in [1.82, 2.24) is 0 Å². The fourth-order valence-corrected chi connectivity index (χ4v) is 2.47. The summed E-state index contributed by atoms with van der Waals surface area (Å²) in [5.41, 5.74) is 3.63. The standard InChI is InChI=1S/C17H19FO2/c1-10-5-6-13(14(18)8-10)17(19)16-12(3)7-11(2)9-15(16)20-4/h5-9,17,19H,1-4H3.